The van der Waals surface area contributed by atoms with Gasteiger partial charge < -0.3 is 13.9 Å². The van der Waals surface area contributed by atoms with Crippen molar-refractivity contribution in [1.82, 2.24) is 4.57 Å². The van der Waals surface area contributed by atoms with Crippen molar-refractivity contribution in [3.8, 4) is 16.8 Å². The number of nitrogens with zero attached hydrogens (tertiary/aromatic N) is 2. The smallest absolute Gasteiger partial charge is 0.137 e. The van der Waals surface area contributed by atoms with Crippen LogP contribution in [0.3, 0.4) is 0 Å². The average molecular weight is 727 g/mol. The molecule has 0 aliphatic heterocycles. The predicted octanol–water partition coefficient (Wildman–Crippen LogP) is 15.3. The Bertz CT molecular complexity index is 3490. The molecule has 10 aromatic carbocycles. The highest BCUT2D eigenvalue weighted by Crippen LogP contribution is 2.43. The molecule has 3 nitrogen and oxygen atoms in total. The number of hydrogen-bond donors (Lipinski definition) is 0. The lowest BCUT2D eigenvalue weighted by Crippen LogP contribution is -2.09. The molecule has 0 atom stereocenters. The minimum Gasteiger partial charge on any atom is -0.456 e. The molecular formula is C54H34N2O. The maximum atomic E-state index is 6.44. The highest BCUT2D eigenvalue weighted by Gasteiger charge is 2.19. The Morgan fingerprint density at radius 1 is 0.298 bits per heavy atom. The lowest BCUT2D eigenvalue weighted by molar-refractivity contribution is 0.669. The number of furan rings is 1. The Morgan fingerprint density at radius 2 is 0.807 bits per heavy atom. The molecule has 0 radical (unpaired) electrons. The highest BCUT2D eigenvalue weighted by atomic mass is 16.3. The standard InChI is InChI=1S/C54H34N2O/c1-2-12-37(13-3-1)56-51-20-10-8-18-46(51)50-32-36(24-31-52(50)56)35-22-25-38(26-23-35)55(40-28-30-48-47-19-9-11-21-53(47)57-54(48)34-40)39-27-29-45-43-16-5-4-14-41(43)42-15-6-7-17-44(42)49(45)33-39/h1-34H. The number of fused-ring (bicyclic) bond motifs is 12. The van der Waals surface area contributed by atoms with E-state index in [0.717, 1.165) is 44.7 Å². The maximum Gasteiger partial charge on any atom is 0.137 e. The molecule has 0 fully saturated rings. The van der Waals surface area contributed by atoms with Crippen molar-refractivity contribution in [3.63, 3.8) is 0 Å². The van der Waals surface area contributed by atoms with Crippen LogP contribution in [0, 0.1) is 0 Å². The second-order valence-electron chi connectivity index (χ2n) is 14.9. The Labute approximate surface area is 328 Å². The number of aromatic nitrogens is 1. The van der Waals surface area contributed by atoms with Gasteiger partial charge in [0.1, 0.15) is 11.2 Å². The van der Waals surface area contributed by atoms with E-state index in [1.165, 1.54) is 65.3 Å². The summed E-state index contributed by atoms with van der Waals surface area (Å²) in [6.07, 6.45) is 0. The minimum absolute atomic E-state index is 0.871. The molecule has 0 saturated carbocycles. The summed E-state index contributed by atoms with van der Waals surface area (Å²) in [6, 6.07) is 74.5. The van der Waals surface area contributed by atoms with E-state index in [-0.39, 0.29) is 0 Å². The van der Waals surface area contributed by atoms with E-state index >= 15 is 0 Å². The van der Waals surface area contributed by atoms with Gasteiger partial charge in [0.2, 0.25) is 0 Å². The Balaban J connectivity index is 1.02. The van der Waals surface area contributed by atoms with Gasteiger partial charge in [-0.1, -0.05) is 127 Å². The molecule has 12 rings (SSSR count). The van der Waals surface area contributed by atoms with Crippen LogP contribution in [0.15, 0.2) is 211 Å². The molecule has 0 amide bonds. The van der Waals surface area contributed by atoms with Crippen LogP contribution in [0.25, 0.3) is 92.9 Å². The summed E-state index contributed by atoms with van der Waals surface area (Å²) >= 11 is 0. The van der Waals surface area contributed by atoms with E-state index in [9.17, 15) is 0 Å². The number of hydrogen-bond acceptors (Lipinski definition) is 2. The first-order chi connectivity index (χ1) is 28.3. The first kappa shape index (κ1) is 31.7. The SMILES string of the molecule is c1ccc(-n2c3ccccc3c3cc(-c4ccc(N(c5ccc6c(c5)oc5ccccc56)c5ccc6c7ccccc7c7ccccc7c6c5)cc4)ccc32)cc1. The van der Waals surface area contributed by atoms with Crippen LogP contribution in [-0.2, 0) is 0 Å². The molecule has 3 heteroatoms. The van der Waals surface area contributed by atoms with E-state index < -0.39 is 0 Å². The fourth-order valence-electron chi connectivity index (χ4n) is 9.15. The van der Waals surface area contributed by atoms with Gasteiger partial charge in [0.05, 0.1) is 11.0 Å². The Morgan fingerprint density at radius 3 is 1.54 bits per heavy atom. The third-order valence-electron chi connectivity index (χ3n) is 11.8. The van der Waals surface area contributed by atoms with Gasteiger partial charge in [-0.2, -0.15) is 0 Å². The van der Waals surface area contributed by atoms with Crippen LogP contribution in [0.2, 0.25) is 0 Å². The minimum atomic E-state index is 0.871. The van der Waals surface area contributed by atoms with E-state index in [1.54, 1.807) is 0 Å². The van der Waals surface area contributed by atoms with Gasteiger partial charge in [0.25, 0.3) is 0 Å². The van der Waals surface area contributed by atoms with Crippen molar-refractivity contribution in [2.24, 2.45) is 0 Å². The van der Waals surface area contributed by atoms with Gasteiger partial charge in [-0.25, -0.2) is 0 Å². The fraction of sp³-hybridized carbons (Fsp3) is 0. The molecule has 2 heterocycles. The largest absolute Gasteiger partial charge is 0.456 e. The van der Waals surface area contributed by atoms with Crippen molar-refractivity contribution in [3.05, 3.63) is 206 Å². The van der Waals surface area contributed by atoms with Crippen LogP contribution in [-0.4, -0.2) is 4.57 Å². The molecule has 0 spiro atoms. The van der Waals surface area contributed by atoms with Crippen molar-refractivity contribution >= 4 is 93.1 Å². The predicted molar refractivity (Wildman–Crippen MR) is 241 cm³/mol. The number of rotatable bonds is 5. The monoisotopic (exact) mass is 726 g/mol. The number of benzene rings is 10. The first-order valence-electron chi connectivity index (χ1n) is 19.5. The van der Waals surface area contributed by atoms with Crippen molar-refractivity contribution in [2.45, 2.75) is 0 Å². The third kappa shape index (κ3) is 4.92. The van der Waals surface area contributed by atoms with Gasteiger partial charge in [0.15, 0.2) is 0 Å². The van der Waals surface area contributed by atoms with E-state index in [4.69, 9.17) is 4.42 Å². The lowest BCUT2D eigenvalue weighted by Gasteiger charge is -2.26. The van der Waals surface area contributed by atoms with Gasteiger partial charge in [-0.05, 0) is 116 Å². The summed E-state index contributed by atoms with van der Waals surface area (Å²) in [6.45, 7) is 0. The maximum absolute atomic E-state index is 6.44. The Hall–Kier alpha value is -7.62. The van der Waals surface area contributed by atoms with E-state index in [2.05, 4.69) is 204 Å². The zero-order valence-electron chi connectivity index (χ0n) is 30.9. The number of anilines is 3. The number of para-hydroxylation sites is 3. The summed E-state index contributed by atoms with van der Waals surface area (Å²) < 4.78 is 8.80. The van der Waals surface area contributed by atoms with Gasteiger partial charge in [0, 0.05) is 50.4 Å². The van der Waals surface area contributed by atoms with Crippen molar-refractivity contribution in [2.75, 3.05) is 4.90 Å². The van der Waals surface area contributed by atoms with Crippen LogP contribution in [0.1, 0.15) is 0 Å². The van der Waals surface area contributed by atoms with E-state index in [0.29, 0.717) is 0 Å². The summed E-state index contributed by atoms with van der Waals surface area (Å²) in [5.41, 5.74) is 10.9. The first-order valence-corrected chi connectivity index (χ1v) is 19.5. The zero-order valence-corrected chi connectivity index (χ0v) is 30.9. The van der Waals surface area contributed by atoms with Crippen LogP contribution in [0.4, 0.5) is 17.1 Å². The van der Waals surface area contributed by atoms with Gasteiger partial charge in [-0.3, -0.25) is 0 Å². The molecule has 0 bridgehead atoms. The van der Waals surface area contributed by atoms with Crippen molar-refractivity contribution in [1.29, 1.82) is 0 Å². The molecule has 266 valence electrons. The second kappa shape index (κ2) is 12.5. The summed E-state index contributed by atoms with van der Waals surface area (Å²) in [7, 11) is 0. The molecule has 12 aromatic rings. The topological polar surface area (TPSA) is 21.3 Å². The van der Waals surface area contributed by atoms with Crippen molar-refractivity contribution < 1.29 is 4.42 Å². The Kier molecular flexibility index (Phi) is 6.93. The van der Waals surface area contributed by atoms with Crippen LogP contribution < -0.4 is 4.90 Å². The molecular weight excluding hydrogens is 693 g/mol. The van der Waals surface area contributed by atoms with Gasteiger partial charge >= 0.3 is 0 Å². The molecule has 0 N–H and O–H groups in total. The summed E-state index contributed by atoms with van der Waals surface area (Å²) in [5, 5.41) is 12.3. The lowest BCUT2D eigenvalue weighted by atomic mass is 9.94. The fourth-order valence-corrected chi connectivity index (χ4v) is 9.15. The third-order valence-corrected chi connectivity index (χ3v) is 11.8. The molecule has 0 aliphatic carbocycles. The highest BCUT2D eigenvalue weighted by molar-refractivity contribution is 6.26. The average Bonchev–Trinajstić information content (AvgIpc) is 3.82. The molecule has 0 saturated heterocycles. The molecule has 2 aromatic heterocycles. The second-order valence-corrected chi connectivity index (χ2v) is 14.9. The zero-order chi connectivity index (χ0) is 37.5. The molecule has 57 heavy (non-hydrogen) atoms. The summed E-state index contributed by atoms with van der Waals surface area (Å²) in [5.74, 6) is 0. The van der Waals surface area contributed by atoms with E-state index in [1.807, 2.05) is 12.1 Å². The molecule has 0 unspecified atom stereocenters. The quantitative estimate of drug-likeness (QED) is 0.165. The van der Waals surface area contributed by atoms with Gasteiger partial charge in [-0.15, -0.1) is 0 Å². The summed E-state index contributed by atoms with van der Waals surface area (Å²) in [4.78, 5) is 2.36. The van der Waals surface area contributed by atoms with Crippen LogP contribution in [0.5, 0.6) is 0 Å². The van der Waals surface area contributed by atoms with Crippen LogP contribution >= 0.6 is 0 Å². The molecule has 0 aliphatic rings. The normalized spacial score (nSPS) is 11.9.